The van der Waals surface area contributed by atoms with Gasteiger partial charge in [-0.05, 0) is 13.0 Å². The highest BCUT2D eigenvalue weighted by Gasteiger charge is 2.08. The molecule has 0 spiro atoms. The SMILES string of the molecule is COc1ccc(C)cc1CC(=O)NCCOCC(=O)O. The van der Waals surface area contributed by atoms with Crippen molar-refractivity contribution in [3.8, 4) is 5.75 Å². The molecule has 0 bridgehead atoms. The minimum atomic E-state index is -1.03. The maximum Gasteiger partial charge on any atom is 0.329 e. The second-order valence-corrected chi connectivity index (χ2v) is 4.29. The Morgan fingerprint density at radius 2 is 2.10 bits per heavy atom. The van der Waals surface area contributed by atoms with Gasteiger partial charge in [0.25, 0.3) is 0 Å². The summed E-state index contributed by atoms with van der Waals surface area (Å²) in [6.45, 7) is 2.03. The number of aliphatic carboxylic acids is 1. The normalized spacial score (nSPS) is 10.1. The van der Waals surface area contributed by atoms with E-state index < -0.39 is 5.97 Å². The van der Waals surface area contributed by atoms with Gasteiger partial charge in [0.2, 0.25) is 5.91 Å². The van der Waals surface area contributed by atoms with Crippen molar-refractivity contribution >= 4 is 11.9 Å². The Balaban J connectivity index is 2.38. The lowest BCUT2D eigenvalue weighted by molar-refractivity contribution is -0.142. The Morgan fingerprint density at radius 3 is 2.75 bits per heavy atom. The number of carboxylic acids is 1. The van der Waals surface area contributed by atoms with E-state index >= 15 is 0 Å². The summed E-state index contributed by atoms with van der Waals surface area (Å²) in [6.07, 6.45) is 0.212. The highest BCUT2D eigenvalue weighted by molar-refractivity contribution is 5.79. The minimum Gasteiger partial charge on any atom is -0.496 e. The van der Waals surface area contributed by atoms with Gasteiger partial charge in [0.05, 0.1) is 20.1 Å². The summed E-state index contributed by atoms with van der Waals surface area (Å²) in [5.74, 6) is -0.512. The van der Waals surface area contributed by atoms with Crippen molar-refractivity contribution in [2.45, 2.75) is 13.3 Å². The number of aryl methyl sites for hydroxylation is 1. The van der Waals surface area contributed by atoms with Gasteiger partial charge in [-0.1, -0.05) is 17.7 Å². The number of benzene rings is 1. The Hall–Kier alpha value is -2.08. The summed E-state index contributed by atoms with van der Waals surface area (Å²) in [5, 5.41) is 11.0. The van der Waals surface area contributed by atoms with E-state index in [1.165, 1.54) is 0 Å². The third-order valence-electron chi connectivity index (χ3n) is 2.58. The van der Waals surface area contributed by atoms with E-state index in [0.29, 0.717) is 5.75 Å². The number of hydrogen-bond donors (Lipinski definition) is 2. The third kappa shape index (κ3) is 5.71. The molecular formula is C14H19NO5. The second kappa shape index (κ2) is 8.16. The zero-order valence-corrected chi connectivity index (χ0v) is 11.6. The molecule has 0 aromatic heterocycles. The summed E-state index contributed by atoms with van der Waals surface area (Å²) in [7, 11) is 1.56. The quantitative estimate of drug-likeness (QED) is 0.687. The van der Waals surface area contributed by atoms with Crippen LogP contribution in [-0.4, -0.2) is 43.9 Å². The van der Waals surface area contributed by atoms with Crippen molar-refractivity contribution in [3.05, 3.63) is 29.3 Å². The van der Waals surface area contributed by atoms with Crippen LogP contribution in [0.2, 0.25) is 0 Å². The highest BCUT2D eigenvalue weighted by atomic mass is 16.5. The van der Waals surface area contributed by atoms with Crippen LogP contribution in [0.3, 0.4) is 0 Å². The van der Waals surface area contributed by atoms with E-state index in [0.717, 1.165) is 11.1 Å². The monoisotopic (exact) mass is 281 g/mol. The summed E-state index contributed by atoms with van der Waals surface area (Å²) in [5.41, 5.74) is 1.87. The van der Waals surface area contributed by atoms with E-state index in [1.54, 1.807) is 7.11 Å². The van der Waals surface area contributed by atoms with Crippen LogP contribution in [-0.2, 0) is 20.7 Å². The lowest BCUT2D eigenvalue weighted by Crippen LogP contribution is -2.29. The molecule has 0 aliphatic rings. The number of ether oxygens (including phenoxy) is 2. The van der Waals surface area contributed by atoms with Crippen molar-refractivity contribution < 1.29 is 24.2 Å². The largest absolute Gasteiger partial charge is 0.496 e. The number of carboxylic acid groups (broad SMARTS) is 1. The molecule has 110 valence electrons. The van der Waals surface area contributed by atoms with E-state index in [2.05, 4.69) is 5.32 Å². The van der Waals surface area contributed by atoms with Crippen LogP contribution in [0.4, 0.5) is 0 Å². The molecule has 2 N–H and O–H groups in total. The maximum atomic E-state index is 11.8. The average molecular weight is 281 g/mol. The molecule has 0 saturated carbocycles. The van der Waals surface area contributed by atoms with Gasteiger partial charge in [-0.15, -0.1) is 0 Å². The fraction of sp³-hybridized carbons (Fsp3) is 0.429. The molecule has 0 unspecified atom stereocenters. The van der Waals surface area contributed by atoms with Crippen LogP contribution in [0.15, 0.2) is 18.2 Å². The zero-order chi connectivity index (χ0) is 15.0. The summed E-state index contributed by atoms with van der Waals surface area (Å²) < 4.78 is 10.0. The standard InChI is InChI=1S/C14H19NO5/c1-10-3-4-12(19-2)11(7-10)8-13(16)15-5-6-20-9-14(17)18/h3-4,7H,5-6,8-9H2,1-2H3,(H,15,16)(H,17,18). The van der Waals surface area contributed by atoms with Crippen LogP contribution in [0.25, 0.3) is 0 Å². The van der Waals surface area contributed by atoms with Gasteiger partial charge in [0.1, 0.15) is 12.4 Å². The third-order valence-corrected chi connectivity index (χ3v) is 2.58. The molecule has 1 rings (SSSR count). The van der Waals surface area contributed by atoms with Gasteiger partial charge in [-0.25, -0.2) is 4.79 Å². The van der Waals surface area contributed by atoms with Gasteiger partial charge in [0.15, 0.2) is 0 Å². The fourth-order valence-corrected chi connectivity index (χ4v) is 1.70. The first-order valence-corrected chi connectivity index (χ1v) is 6.22. The molecule has 1 aromatic rings. The van der Waals surface area contributed by atoms with Gasteiger partial charge in [0, 0.05) is 12.1 Å². The predicted octanol–water partition coefficient (Wildman–Crippen LogP) is 0.764. The molecule has 0 radical (unpaired) electrons. The topological polar surface area (TPSA) is 84.9 Å². The fourth-order valence-electron chi connectivity index (χ4n) is 1.70. The zero-order valence-electron chi connectivity index (χ0n) is 11.6. The van der Waals surface area contributed by atoms with Crippen LogP contribution >= 0.6 is 0 Å². The Kier molecular flexibility index (Phi) is 6.52. The Bertz CT molecular complexity index is 473. The summed E-state index contributed by atoms with van der Waals surface area (Å²) in [4.78, 5) is 22.0. The van der Waals surface area contributed by atoms with Crippen LogP contribution in [0.5, 0.6) is 5.75 Å². The molecule has 1 aromatic carbocycles. The minimum absolute atomic E-state index is 0.159. The number of hydrogen-bond acceptors (Lipinski definition) is 4. The van der Waals surface area contributed by atoms with E-state index in [9.17, 15) is 9.59 Å². The second-order valence-electron chi connectivity index (χ2n) is 4.29. The molecule has 1 amide bonds. The lowest BCUT2D eigenvalue weighted by atomic mass is 10.1. The van der Waals surface area contributed by atoms with Gasteiger partial charge in [-0.2, -0.15) is 0 Å². The molecule has 0 heterocycles. The molecule has 0 aliphatic carbocycles. The van der Waals surface area contributed by atoms with Gasteiger partial charge < -0.3 is 19.9 Å². The summed E-state index contributed by atoms with van der Waals surface area (Å²) >= 11 is 0. The van der Waals surface area contributed by atoms with Crippen LogP contribution in [0, 0.1) is 6.92 Å². The number of amides is 1. The molecule has 6 nitrogen and oxygen atoms in total. The van der Waals surface area contributed by atoms with Gasteiger partial charge in [-0.3, -0.25) is 4.79 Å². The molecule has 0 atom stereocenters. The van der Waals surface area contributed by atoms with Crippen molar-refractivity contribution in [2.75, 3.05) is 26.9 Å². The molecule has 6 heteroatoms. The van der Waals surface area contributed by atoms with Crippen LogP contribution in [0.1, 0.15) is 11.1 Å². The van der Waals surface area contributed by atoms with E-state index in [-0.39, 0.29) is 32.1 Å². The van der Waals surface area contributed by atoms with Gasteiger partial charge >= 0.3 is 5.97 Å². The lowest BCUT2D eigenvalue weighted by Gasteiger charge is -2.10. The molecule has 0 saturated heterocycles. The number of nitrogens with one attached hydrogen (secondary N) is 1. The van der Waals surface area contributed by atoms with Crippen molar-refractivity contribution in [3.63, 3.8) is 0 Å². The van der Waals surface area contributed by atoms with Crippen molar-refractivity contribution in [1.29, 1.82) is 0 Å². The number of carbonyl (C=O) groups is 2. The van der Waals surface area contributed by atoms with Crippen LogP contribution < -0.4 is 10.1 Å². The number of rotatable bonds is 8. The Morgan fingerprint density at radius 1 is 1.35 bits per heavy atom. The van der Waals surface area contributed by atoms with Crippen molar-refractivity contribution in [2.24, 2.45) is 0 Å². The van der Waals surface area contributed by atoms with E-state index in [4.69, 9.17) is 14.6 Å². The molecule has 0 fully saturated rings. The Labute approximate surface area is 117 Å². The summed E-state index contributed by atoms with van der Waals surface area (Å²) in [6, 6.07) is 5.65. The first-order valence-electron chi connectivity index (χ1n) is 6.22. The first kappa shape index (κ1) is 16.0. The maximum absolute atomic E-state index is 11.8. The molecule has 0 aliphatic heterocycles. The number of methoxy groups -OCH3 is 1. The molecular weight excluding hydrogens is 262 g/mol. The van der Waals surface area contributed by atoms with E-state index in [1.807, 2.05) is 25.1 Å². The average Bonchev–Trinajstić information content (AvgIpc) is 2.38. The number of carbonyl (C=O) groups excluding carboxylic acids is 1. The molecule has 20 heavy (non-hydrogen) atoms. The predicted molar refractivity (Wildman–Crippen MR) is 72.9 cm³/mol. The highest BCUT2D eigenvalue weighted by Crippen LogP contribution is 2.19. The smallest absolute Gasteiger partial charge is 0.329 e. The first-order chi connectivity index (χ1) is 9.52. The van der Waals surface area contributed by atoms with Crippen molar-refractivity contribution in [1.82, 2.24) is 5.32 Å².